The summed E-state index contributed by atoms with van der Waals surface area (Å²) in [5, 5.41) is 26.3. The highest BCUT2D eigenvalue weighted by atomic mass is 28.3. The van der Waals surface area contributed by atoms with Crippen molar-refractivity contribution in [1.82, 2.24) is 0 Å². The molecule has 0 aromatic heterocycles. The molecule has 0 saturated heterocycles. The Morgan fingerprint density at radius 1 is 0.250 bits per heavy atom. The second kappa shape index (κ2) is 18.1. The Labute approximate surface area is 332 Å². The van der Waals surface area contributed by atoms with Crippen LogP contribution in [-0.2, 0) is 0 Å². The van der Waals surface area contributed by atoms with Gasteiger partial charge in [0.1, 0.15) is 16.1 Å². The van der Waals surface area contributed by atoms with Gasteiger partial charge in [-0.15, -0.1) is 0 Å². The fraction of sp³-hybridized carbons (Fsp3) is 0.0400. The summed E-state index contributed by atoms with van der Waals surface area (Å²) in [6, 6.07) is 79.8. The molecule has 8 aromatic carbocycles. The van der Waals surface area contributed by atoms with Crippen LogP contribution in [0.4, 0.5) is 22.7 Å². The molecule has 0 unspecified atom stereocenters. The molecule has 0 aliphatic rings. The molecular formula is C50H44N4Si2. The lowest BCUT2D eigenvalue weighted by molar-refractivity contribution is 1.24. The molecule has 4 nitrogen and oxygen atoms in total. The third-order valence-electron chi connectivity index (χ3n) is 10.3. The van der Waals surface area contributed by atoms with E-state index in [0.29, 0.717) is 0 Å². The number of azo groups is 2. The van der Waals surface area contributed by atoms with Crippen LogP contribution >= 0.6 is 0 Å². The molecular weight excluding hydrogens is 713 g/mol. The van der Waals surface area contributed by atoms with Crippen molar-refractivity contribution in [3.05, 3.63) is 231 Å². The largest absolute Gasteiger partial charge is 0.151 e. The van der Waals surface area contributed by atoms with E-state index in [1.54, 1.807) is 0 Å². The van der Waals surface area contributed by atoms with Crippen molar-refractivity contribution in [3.63, 3.8) is 0 Å². The first-order valence-electron chi connectivity index (χ1n) is 18.9. The van der Waals surface area contributed by atoms with Crippen LogP contribution in [0.25, 0.3) is 0 Å². The molecule has 6 heteroatoms. The van der Waals surface area contributed by atoms with Crippen LogP contribution < -0.4 is 31.1 Å². The summed E-state index contributed by atoms with van der Waals surface area (Å²) in [5.74, 6) is 0. The Kier molecular flexibility index (Phi) is 12.2. The number of hydrogen-bond acceptors (Lipinski definition) is 4. The van der Waals surface area contributed by atoms with E-state index in [1.807, 2.05) is 72.8 Å². The van der Waals surface area contributed by atoms with Gasteiger partial charge in [-0.1, -0.05) is 207 Å². The maximum absolute atomic E-state index is 4.65. The smallest absolute Gasteiger partial charge is 0.148 e. The highest BCUT2D eigenvalue weighted by Gasteiger charge is 2.37. The van der Waals surface area contributed by atoms with Gasteiger partial charge in [0, 0.05) is 0 Å². The van der Waals surface area contributed by atoms with E-state index in [0.717, 1.165) is 22.7 Å². The fourth-order valence-electron chi connectivity index (χ4n) is 7.22. The van der Waals surface area contributed by atoms with E-state index in [4.69, 9.17) is 0 Å². The van der Waals surface area contributed by atoms with Crippen LogP contribution in [0, 0.1) is 0 Å². The van der Waals surface area contributed by atoms with Crippen LogP contribution in [0.2, 0.25) is 13.1 Å². The van der Waals surface area contributed by atoms with Gasteiger partial charge in [-0.3, -0.25) is 0 Å². The molecule has 0 aliphatic heterocycles. The van der Waals surface area contributed by atoms with E-state index >= 15 is 0 Å². The SMILES string of the molecule is C[Si](c1ccccc1)(c1ccccc1)c1ccccc1N=Nc1ccccc1.C[Si](c1ccccc1)(c1ccccc1)c1ccccc1N=Nc1ccccc1. The number of rotatable bonds is 10. The lowest BCUT2D eigenvalue weighted by Crippen LogP contribution is -2.64. The lowest BCUT2D eigenvalue weighted by atomic mass is 10.3. The molecule has 272 valence electrons. The summed E-state index contributed by atoms with van der Waals surface area (Å²) in [5.41, 5.74) is 3.60. The Hall–Kier alpha value is -6.61. The molecule has 0 bridgehead atoms. The minimum absolute atomic E-state index is 0.861. The highest BCUT2D eigenvalue weighted by molar-refractivity contribution is 7.12. The first-order valence-corrected chi connectivity index (χ1v) is 23.9. The predicted molar refractivity (Wildman–Crippen MR) is 241 cm³/mol. The minimum Gasteiger partial charge on any atom is -0.151 e. The van der Waals surface area contributed by atoms with Crippen LogP contribution in [0.5, 0.6) is 0 Å². The van der Waals surface area contributed by atoms with E-state index in [9.17, 15) is 0 Å². The second-order valence-corrected chi connectivity index (χ2v) is 21.7. The molecule has 0 saturated carbocycles. The van der Waals surface area contributed by atoms with E-state index in [2.05, 4.69) is 191 Å². The molecule has 0 radical (unpaired) electrons. The first-order chi connectivity index (χ1) is 27.6. The van der Waals surface area contributed by atoms with Gasteiger partial charge >= 0.3 is 0 Å². The molecule has 0 amide bonds. The fourth-order valence-corrected chi connectivity index (χ4v) is 14.7. The summed E-state index contributed by atoms with van der Waals surface area (Å²) in [6.07, 6.45) is 0. The molecule has 0 N–H and O–H groups in total. The molecule has 0 spiro atoms. The van der Waals surface area contributed by atoms with Crippen molar-refractivity contribution in [2.45, 2.75) is 13.1 Å². The Morgan fingerprint density at radius 2 is 0.482 bits per heavy atom. The van der Waals surface area contributed by atoms with Crippen LogP contribution in [-0.4, -0.2) is 16.1 Å². The molecule has 8 aromatic rings. The van der Waals surface area contributed by atoms with Gasteiger partial charge in [-0.25, -0.2) is 0 Å². The van der Waals surface area contributed by atoms with E-state index in [1.165, 1.54) is 31.1 Å². The molecule has 0 atom stereocenters. The Bertz CT molecular complexity index is 2220. The first kappa shape index (κ1) is 37.7. The summed E-state index contributed by atoms with van der Waals surface area (Å²) < 4.78 is 0. The minimum atomic E-state index is -2.21. The van der Waals surface area contributed by atoms with Gasteiger partial charge in [-0.2, -0.15) is 20.5 Å². The van der Waals surface area contributed by atoms with Crippen LogP contribution in [0.15, 0.2) is 251 Å². The Balaban J connectivity index is 0.000000172. The van der Waals surface area contributed by atoms with Crippen LogP contribution in [0.3, 0.4) is 0 Å². The summed E-state index contributed by atoms with van der Waals surface area (Å²) in [7, 11) is -4.43. The third-order valence-corrected chi connectivity index (χ3v) is 19.3. The molecule has 0 fully saturated rings. The third kappa shape index (κ3) is 8.52. The zero-order chi connectivity index (χ0) is 38.5. The van der Waals surface area contributed by atoms with E-state index in [-0.39, 0.29) is 0 Å². The van der Waals surface area contributed by atoms with Crippen molar-refractivity contribution < 1.29 is 0 Å². The maximum atomic E-state index is 4.65. The molecule has 0 heterocycles. The zero-order valence-electron chi connectivity index (χ0n) is 31.7. The topological polar surface area (TPSA) is 49.4 Å². The summed E-state index contributed by atoms with van der Waals surface area (Å²) in [4.78, 5) is 0. The van der Waals surface area contributed by atoms with Gasteiger partial charge in [0.2, 0.25) is 0 Å². The van der Waals surface area contributed by atoms with Crippen molar-refractivity contribution in [3.8, 4) is 0 Å². The van der Waals surface area contributed by atoms with Crippen molar-refractivity contribution >= 4 is 70.0 Å². The standard InChI is InChI=1S/2C25H22N2Si/c2*1-28(22-15-7-3-8-16-22,23-17-9-4-10-18-23)25-20-12-11-19-24(25)27-26-21-13-5-2-6-14-21/h2*2-20H,1H3. The second-order valence-electron chi connectivity index (χ2n) is 13.8. The highest BCUT2D eigenvalue weighted by Crippen LogP contribution is 2.22. The van der Waals surface area contributed by atoms with Gasteiger partial charge in [0.05, 0.1) is 22.7 Å². The van der Waals surface area contributed by atoms with Crippen molar-refractivity contribution in [2.24, 2.45) is 20.5 Å². The average Bonchev–Trinajstić information content (AvgIpc) is 3.29. The number of hydrogen-bond donors (Lipinski definition) is 0. The quantitative estimate of drug-likeness (QED) is 0.0758. The van der Waals surface area contributed by atoms with Crippen LogP contribution in [0.1, 0.15) is 0 Å². The maximum Gasteiger partial charge on any atom is 0.148 e. The van der Waals surface area contributed by atoms with Crippen molar-refractivity contribution in [2.75, 3.05) is 0 Å². The molecule has 0 aliphatic carbocycles. The summed E-state index contributed by atoms with van der Waals surface area (Å²) >= 11 is 0. The summed E-state index contributed by atoms with van der Waals surface area (Å²) in [6.45, 7) is 4.79. The monoisotopic (exact) mass is 756 g/mol. The number of benzene rings is 8. The van der Waals surface area contributed by atoms with Gasteiger partial charge in [0.25, 0.3) is 0 Å². The Morgan fingerprint density at radius 3 is 0.768 bits per heavy atom. The van der Waals surface area contributed by atoms with E-state index < -0.39 is 16.1 Å². The normalized spacial score (nSPS) is 11.6. The molecule has 8 rings (SSSR count). The number of nitrogens with zero attached hydrogens (tertiary/aromatic N) is 4. The zero-order valence-corrected chi connectivity index (χ0v) is 33.7. The lowest BCUT2D eigenvalue weighted by Gasteiger charge is -2.30. The average molecular weight is 757 g/mol. The van der Waals surface area contributed by atoms with Gasteiger partial charge in [0.15, 0.2) is 0 Å². The predicted octanol–water partition coefficient (Wildman–Crippen LogP) is 10.4. The van der Waals surface area contributed by atoms with Gasteiger partial charge < -0.3 is 0 Å². The van der Waals surface area contributed by atoms with Gasteiger partial charge in [-0.05, 0) is 67.5 Å². The van der Waals surface area contributed by atoms with Crippen molar-refractivity contribution in [1.29, 1.82) is 0 Å². The molecule has 56 heavy (non-hydrogen) atoms.